The fourth-order valence-electron chi connectivity index (χ4n) is 2.77. The molecule has 3 rings (SSSR count). The number of alkyl halides is 3. The van der Waals surface area contributed by atoms with Crippen molar-refractivity contribution in [1.29, 1.82) is 0 Å². The summed E-state index contributed by atoms with van der Waals surface area (Å²) in [4.78, 5) is 19.8. The molecule has 3 aromatic rings. The summed E-state index contributed by atoms with van der Waals surface area (Å²) < 4.78 is 41.3. The number of ether oxygens (including phenoxy) is 1. The number of para-hydroxylation sites is 1. The molecule has 0 aliphatic rings. The van der Waals surface area contributed by atoms with Gasteiger partial charge in [-0.25, -0.2) is 9.97 Å². The number of hydrogen-bond donors (Lipinski definition) is 3. The molecular formula is C18H16F3N5O2. The van der Waals surface area contributed by atoms with Gasteiger partial charge in [0.05, 0.1) is 17.1 Å². The number of carbonyl (C=O) groups excluding carboxylic acids is 1. The van der Waals surface area contributed by atoms with Crippen LogP contribution in [0.3, 0.4) is 0 Å². The Balaban J connectivity index is 1.95. The second kappa shape index (κ2) is 7.69. The van der Waals surface area contributed by atoms with Crippen LogP contribution in [0.4, 0.5) is 19.0 Å². The quantitative estimate of drug-likeness (QED) is 0.595. The summed E-state index contributed by atoms with van der Waals surface area (Å²) in [6.07, 6.45) is -3.54. The number of nitrogens with two attached hydrogens (primary N) is 2. The third-order valence-electron chi connectivity index (χ3n) is 3.97. The number of benzene rings is 2. The number of aromatic nitrogens is 2. The zero-order chi connectivity index (χ0) is 20.3. The van der Waals surface area contributed by atoms with Crippen molar-refractivity contribution >= 4 is 22.6 Å². The first kappa shape index (κ1) is 19.4. The monoisotopic (exact) mass is 391 g/mol. The van der Waals surface area contributed by atoms with Gasteiger partial charge in [0, 0.05) is 11.9 Å². The summed E-state index contributed by atoms with van der Waals surface area (Å²) in [5, 5.41) is 3.61. The van der Waals surface area contributed by atoms with Gasteiger partial charge in [0.15, 0.2) is 0 Å². The number of fused-ring (bicyclic) bond motifs is 1. The highest BCUT2D eigenvalue weighted by atomic mass is 19.4. The lowest BCUT2D eigenvalue weighted by Gasteiger charge is -2.20. The van der Waals surface area contributed by atoms with E-state index in [0.717, 1.165) is 0 Å². The van der Waals surface area contributed by atoms with E-state index in [2.05, 4.69) is 20.0 Å². The van der Waals surface area contributed by atoms with Crippen LogP contribution in [-0.2, 0) is 0 Å². The number of rotatable bonds is 6. The number of amides is 1. The number of anilines is 1. The zero-order valence-electron chi connectivity index (χ0n) is 14.4. The summed E-state index contributed by atoms with van der Waals surface area (Å²) in [6, 6.07) is 9.80. The topological polar surface area (TPSA) is 116 Å². The Bertz CT molecular complexity index is 1010. The predicted octanol–water partition coefficient (Wildman–Crippen LogP) is 2.74. The number of halogens is 3. The minimum atomic E-state index is -4.79. The molecule has 0 bridgehead atoms. The summed E-state index contributed by atoms with van der Waals surface area (Å²) >= 11 is 0. The number of nitrogens with zero attached hydrogens (tertiary/aromatic N) is 2. The van der Waals surface area contributed by atoms with Crippen LogP contribution < -0.4 is 21.5 Å². The van der Waals surface area contributed by atoms with E-state index in [1.165, 1.54) is 24.5 Å². The van der Waals surface area contributed by atoms with Crippen LogP contribution in [0.2, 0.25) is 0 Å². The molecule has 0 spiro atoms. The van der Waals surface area contributed by atoms with E-state index in [-0.39, 0.29) is 17.9 Å². The summed E-state index contributed by atoms with van der Waals surface area (Å²) in [7, 11) is 0. The van der Waals surface area contributed by atoms with Gasteiger partial charge in [0.2, 0.25) is 0 Å². The highest BCUT2D eigenvalue weighted by molar-refractivity contribution is 6.06. The van der Waals surface area contributed by atoms with Gasteiger partial charge in [0.25, 0.3) is 5.91 Å². The third kappa shape index (κ3) is 4.29. The standard InChI is InChI=1S/C18H16F3N5O2/c19-18(20,21)28-11-4-1-3-10(7-11)14(8-22)26-17-13-6-2-5-12(16(23)27)15(13)24-9-25-17/h1-7,9,14H,8,22H2,(H2,23,27)(H,24,25,26). The highest BCUT2D eigenvalue weighted by Crippen LogP contribution is 2.29. The molecule has 5 N–H and O–H groups in total. The Morgan fingerprint density at radius 3 is 2.61 bits per heavy atom. The van der Waals surface area contributed by atoms with Crippen molar-refractivity contribution < 1.29 is 22.7 Å². The smallest absolute Gasteiger partial charge is 0.406 e. The van der Waals surface area contributed by atoms with Crippen LogP contribution >= 0.6 is 0 Å². The molecule has 1 aromatic heterocycles. The molecule has 0 saturated carbocycles. The van der Waals surface area contributed by atoms with E-state index in [4.69, 9.17) is 11.5 Å². The van der Waals surface area contributed by atoms with Gasteiger partial charge >= 0.3 is 6.36 Å². The SMILES string of the molecule is NCC(Nc1ncnc2c(C(N)=O)cccc12)c1cccc(OC(F)(F)F)c1. The van der Waals surface area contributed by atoms with E-state index < -0.39 is 18.3 Å². The van der Waals surface area contributed by atoms with E-state index in [0.29, 0.717) is 22.3 Å². The lowest BCUT2D eigenvalue weighted by Crippen LogP contribution is -2.22. The first-order valence-electron chi connectivity index (χ1n) is 8.14. The van der Waals surface area contributed by atoms with Crippen LogP contribution in [0.5, 0.6) is 5.75 Å². The van der Waals surface area contributed by atoms with Gasteiger partial charge in [-0.3, -0.25) is 4.79 Å². The molecule has 0 radical (unpaired) electrons. The number of carbonyl (C=O) groups is 1. The maximum atomic E-state index is 12.5. The molecule has 2 aromatic carbocycles. The number of primary amides is 1. The lowest BCUT2D eigenvalue weighted by molar-refractivity contribution is -0.274. The number of hydrogen-bond acceptors (Lipinski definition) is 6. The average molecular weight is 391 g/mol. The first-order chi connectivity index (χ1) is 13.3. The van der Waals surface area contributed by atoms with Gasteiger partial charge in [0.1, 0.15) is 17.9 Å². The molecule has 0 fully saturated rings. The van der Waals surface area contributed by atoms with Crippen molar-refractivity contribution in [1.82, 2.24) is 9.97 Å². The fraction of sp³-hybridized carbons (Fsp3) is 0.167. The van der Waals surface area contributed by atoms with Crippen LogP contribution in [-0.4, -0.2) is 28.8 Å². The summed E-state index contributed by atoms with van der Waals surface area (Å²) in [5.41, 5.74) is 12.2. The zero-order valence-corrected chi connectivity index (χ0v) is 14.4. The molecule has 10 heteroatoms. The molecule has 0 aliphatic heterocycles. The van der Waals surface area contributed by atoms with E-state index in [1.54, 1.807) is 24.3 Å². The molecule has 1 amide bonds. The van der Waals surface area contributed by atoms with E-state index >= 15 is 0 Å². The molecule has 7 nitrogen and oxygen atoms in total. The molecule has 0 saturated heterocycles. The predicted molar refractivity (Wildman–Crippen MR) is 96.6 cm³/mol. The third-order valence-corrected chi connectivity index (χ3v) is 3.97. The van der Waals surface area contributed by atoms with Crippen LogP contribution in [0.25, 0.3) is 10.9 Å². The van der Waals surface area contributed by atoms with Gasteiger partial charge < -0.3 is 21.5 Å². The van der Waals surface area contributed by atoms with Crippen LogP contribution in [0.1, 0.15) is 22.0 Å². The molecule has 1 heterocycles. The van der Waals surface area contributed by atoms with Gasteiger partial charge in [-0.15, -0.1) is 13.2 Å². The van der Waals surface area contributed by atoms with Crippen molar-refractivity contribution in [2.45, 2.75) is 12.4 Å². The largest absolute Gasteiger partial charge is 0.573 e. The van der Waals surface area contributed by atoms with E-state index in [9.17, 15) is 18.0 Å². The molecule has 0 aliphatic carbocycles. The minimum absolute atomic E-state index is 0.0659. The Morgan fingerprint density at radius 1 is 1.18 bits per heavy atom. The van der Waals surface area contributed by atoms with Crippen LogP contribution in [0, 0.1) is 0 Å². The fourth-order valence-corrected chi connectivity index (χ4v) is 2.77. The molecular weight excluding hydrogens is 375 g/mol. The molecule has 146 valence electrons. The minimum Gasteiger partial charge on any atom is -0.406 e. The summed E-state index contributed by atoms with van der Waals surface area (Å²) in [5.74, 6) is -0.623. The highest BCUT2D eigenvalue weighted by Gasteiger charge is 2.31. The molecule has 28 heavy (non-hydrogen) atoms. The Labute approximate surface area is 157 Å². The Kier molecular flexibility index (Phi) is 5.32. The van der Waals surface area contributed by atoms with Crippen molar-refractivity contribution in [3.63, 3.8) is 0 Å². The molecule has 1 atom stereocenters. The Hall–Kier alpha value is -3.40. The average Bonchev–Trinajstić information content (AvgIpc) is 2.64. The maximum absolute atomic E-state index is 12.5. The maximum Gasteiger partial charge on any atom is 0.573 e. The van der Waals surface area contributed by atoms with Gasteiger partial charge in [-0.2, -0.15) is 0 Å². The Morgan fingerprint density at radius 2 is 1.93 bits per heavy atom. The second-order valence-electron chi connectivity index (χ2n) is 5.84. The van der Waals surface area contributed by atoms with Gasteiger partial charge in [-0.1, -0.05) is 18.2 Å². The number of nitrogens with one attached hydrogen (secondary N) is 1. The second-order valence-corrected chi connectivity index (χ2v) is 5.84. The lowest BCUT2D eigenvalue weighted by atomic mass is 10.1. The first-order valence-corrected chi connectivity index (χ1v) is 8.14. The van der Waals surface area contributed by atoms with Crippen molar-refractivity contribution in [2.24, 2.45) is 11.5 Å². The normalized spacial score (nSPS) is 12.6. The van der Waals surface area contributed by atoms with E-state index in [1.807, 2.05) is 0 Å². The van der Waals surface area contributed by atoms with Crippen molar-refractivity contribution in [3.8, 4) is 5.75 Å². The van der Waals surface area contributed by atoms with Crippen molar-refractivity contribution in [2.75, 3.05) is 11.9 Å². The molecule has 1 unspecified atom stereocenters. The summed E-state index contributed by atoms with van der Waals surface area (Å²) in [6.45, 7) is 0.0659. The van der Waals surface area contributed by atoms with Gasteiger partial charge in [-0.05, 0) is 29.8 Å². The van der Waals surface area contributed by atoms with Crippen LogP contribution in [0.15, 0.2) is 48.8 Å². The van der Waals surface area contributed by atoms with Crippen molar-refractivity contribution in [3.05, 3.63) is 59.9 Å².